The molecular weight excluding hydrogens is 466 g/mol. The van der Waals surface area contributed by atoms with E-state index in [0.29, 0.717) is 18.4 Å². The molecule has 1 aliphatic heterocycles. The smallest absolute Gasteiger partial charge is 0.434 e. The van der Waals surface area contributed by atoms with Crippen molar-refractivity contribution in [3.63, 3.8) is 0 Å². The van der Waals surface area contributed by atoms with Gasteiger partial charge in [-0.2, -0.15) is 9.97 Å². The van der Waals surface area contributed by atoms with Crippen LogP contribution in [0.15, 0.2) is 6.33 Å². The van der Waals surface area contributed by atoms with Crippen molar-refractivity contribution >= 4 is 40.6 Å². The number of carbonyl (C=O) groups excluding carboxylic acids is 2. The Kier molecular flexibility index (Phi) is 8.66. The van der Waals surface area contributed by atoms with Gasteiger partial charge in [0.2, 0.25) is 11.2 Å². The Hall–Kier alpha value is -2.94. The van der Waals surface area contributed by atoms with E-state index >= 15 is 0 Å². The molecule has 0 spiro atoms. The summed E-state index contributed by atoms with van der Waals surface area (Å²) >= 11 is 6.10. The Balaban J connectivity index is 1.79. The Morgan fingerprint density at radius 2 is 2.15 bits per heavy atom. The molecule has 1 amide bonds. The fraction of sp³-hybridized carbons (Fsp3) is 0.591. The van der Waals surface area contributed by atoms with E-state index in [9.17, 15) is 14.7 Å². The van der Waals surface area contributed by atoms with Crippen LogP contribution in [0, 0.1) is 12.3 Å². The van der Waals surface area contributed by atoms with Crippen LogP contribution in [-0.4, -0.2) is 61.6 Å². The molecule has 2 aromatic heterocycles. The van der Waals surface area contributed by atoms with Gasteiger partial charge in [0.15, 0.2) is 22.6 Å². The number of amides is 1. The summed E-state index contributed by atoms with van der Waals surface area (Å²) in [6.07, 6.45) is 8.00. The second-order valence-electron chi connectivity index (χ2n) is 7.92. The van der Waals surface area contributed by atoms with Crippen molar-refractivity contribution in [1.82, 2.24) is 19.5 Å². The third-order valence-corrected chi connectivity index (χ3v) is 5.52. The van der Waals surface area contributed by atoms with Gasteiger partial charge in [-0.1, -0.05) is 32.6 Å². The second-order valence-corrected chi connectivity index (χ2v) is 8.25. The number of aliphatic hydroxyl groups excluding tert-OH is 1. The largest absolute Gasteiger partial charge is 0.508 e. The summed E-state index contributed by atoms with van der Waals surface area (Å²) < 4.78 is 17.4. The predicted molar refractivity (Wildman–Crippen MR) is 123 cm³/mol. The van der Waals surface area contributed by atoms with Crippen LogP contribution < -0.4 is 5.32 Å². The van der Waals surface area contributed by atoms with E-state index in [1.165, 1.54) is 10.9 Å². The summed E-state index contributed by atoms with van der Waals surface area (Å²) in [5.41, 5.74) is -0.985. The van der Waals surface area contributed by atoms with Gasteiger partial charge in [0.05, 0.1) is 12.9 Å². The van der Waals surface area contributed by atoms with Gasteiger partial charge >= 0.3 is 6.16 Å². The predicted octanol–water partition coefficient (Wildman–Crippen LogP) is 3.21. The lowest BCUT2D eigenvalue weighted by atomic mass is 9.99. The molecule has 3 atom stereocenters. The Labute approximate surface area is 202 Å². The highest BCUT2D eigenvalue weighted by atomic mass is 35.5. The number of ether oxygens (including phenoxy) is 3. The van der Waals surface area contributed by atoms with E-state index in [0.717, 1.165) is 19.3 Å². The van der Waals surface area contributed by atoms with Crippen LogP contribution in [-0.2, 0) is 19.0 Å². The number of halogens is 1. The standard InChI is InChI=1S/C22H28ClN5O6/c1-4-7-8-9-15(30)25-18-17-19(27-20(23)26-18)28(13-24-17)16-11-14(29)22(6-3,34-16)12-33-21(31)32-10-5-2/h3,13-14,16,29H,4-5,7-12H2,1-2H3,(H,25,26,27,30)/t14-,16+,22+/m0/s1. The first-order valence-corrected chi connectivity index (χ1v) is 11.5. The van der Waals surface area contributed by atoms with Crippen molar-refractivity contribution < 1.29 is 28.9 Å². The van der Waals surface area contributed by atoms with Crippen molar-refractivity contribution in [2.24, 2.45) is 0 Å². The van der Waals surface area contributed by atoms with E-state index < -0.39 is 30.7 Å². The highest BCUT2D eigenvalue weighted by molar-refractivity contribution is 6.28. The van der Waals surface area contributed by atoms with Crippen LogP contribution in [0.4, 0.5) is 10.6 Å². The van der Waals surface area contributed by atoms with Crippen molar-refractivity contribution in [1.29, 1.82) is 0 Å². The van der Waals surface area contributed by atoms with Gasteiger partial charge in [-0.05, 0) is 24.4 Å². The maximum atomic E-state index is 12.3. The average molecular weight is 494 g/mol. The van der Waals surface area contributed by atoms with E-state index in [-0.39, 0.29) is 35.7 Å². The number of nitrogens with zero attached hydrogens (tertiary/aromatic N) is 4. The molecule has 0 radical (unpaired) electrons. The zero-order valence-electron chi connectivity index (χ0n) is 19.1. The third-order valence-electron chi connectivity index (χ3n) is 5.35. The molecule has 1 fully saturated rings. The molecule has 3 rings (SSSR count). The first-order chi connectivity index (χ1) is 16.3. The van der Waals surface area contributed by atoms with Crippen molar-refractivity contribution in [3.8, 4) is 12.3 Å². The zero-order valence-corrected chi connectivity index (χ0v) is 19.9. The molecule has 3 heterocycles. The minimum absolute atomic E-state index is 0.0728. The van der Waals surface area contributed by atoms with Gasteiger partial charge < -0.3 is 24.6 Å². The van der Waals surface area contributed by atoms with E-state index in [4.69, 9.17) is 32.2 Å². The average Bonchev–Trinajstić information content (AvgIpc) is 3.37. The molecule has 2 N–H and O–H groups in total. The summed E-state index contributed by atoms with van der Waals surface area (Å²) in [6, 6.07) is 0. The summed E-state index contributed by atoms with van der Waals surface area (Å²) in [6.45, 7) is 3.71. The monoisotopic (exact) mass is 493 g/mol. The lowest BCUT2D eigenvalue weighted by Crippen LogP contribution is -2.43. The third kappa shape index (κ3) is 5.75. The maximum absolute atomic E-state index is 12.3. The van der Waals surface area contributed by atoms with Crippen molar-refractivity contribution in [3.05, 3.63) is 11.6 Å². The molecule has 0 aliphatic carbocycles. The molecule has 0 bridgehead atoms. The minimum atomic E-state index is -1.58. The van der Waals surface area contributed by atoms with Crippen LogP contribution in [0.1, 0.15) is 58.6 Å². The molecule has 12 heteroatoms. The Morgan fingerprint density at radius 3 is 2.85 bits per heavy atom. The van der Waals surface area contributed by atoms with Gasteiger partial charge in [0, 0.05) is 12.8 Å². The first-order valence-electron chi connectivity index (χ1n) is 11.2. The SMILES string of the molecule is C#C[C@]1(COC(=O)OCCC)O[C@@H](n2cnc3c(NC(=O)CCCCC)nc(Cl)nc32)C[C@@H]1O. The molecule has 11 nitrogen and oxygen atoms in total. The molecule has 0 aromatic carbocycles. The fourth-order valence-electron chi connectivity index (χ4n) is 3.53. The van der Waals surface area contributed by atoms with Crippen LogP contribution in [0.5, 0.6) is 0 Å². The molecule has 34 heavy (non-hydrogen) atoms. The number of hydrogen-bond acceptors (Lipinski definition) is 9. The number of terminal acetylenes is 1. The molecule has 2 aromatic rings. The molecule has 0 unspecified atom stereocenters. The number of rotatable bonds is 10. The van der Waals surface area contributed by atoms with Gasteiger partial charge in [0.1, 0.15) is 18.9 Å². The number of fused-ring (bicyclic) bond motifs is 1. The van der Waals surface area contributed by atoms with E-state index in [1.54, 1.807) is 0 Å². The quantitative estimate of drug-likeness (QED) is 0.221. The number of nitrogens with one attached hydrogen (secondary N) is 1. The first kappa shape index (κ1) is 25.7. The number of anilines is 1. The van der Waals surface area contributed by atoms with Crippen LogP contribution in [0.25, 0.3) is 11.2 Å². The van der Waals surface area contributed by atoms with Gasteiger partial charge in [-0.15, -0.1) is 6.42 Å². The number of carbonyl (C=O) groups is 2. The van der Waals surface area contributed by atoms with Crippen molar-refractivity contribution in [2.45, 2.75) is 70.3 Å². The maximum Gasteiger partial charge on any atom is 0.508 e. The summed E-state index contributed by atoms with van der Waals surface area (Å²) in [5, 5.41) is 13.3. The van der Waals surface area contributed by atoms with Crippen LogP contribution >= 0.6 is 11.6 Å². The zero-order chi connectivity index (χ0) is 24.7. The van der Waals surface area contributed by atoms with Crippen LogP contribution in [0.2, 0.25) is 5.28 Å². The molecule has 1 saturated heterocycles. The molecule has 184 valence electrons. The lowest BCUT2D eigenvalue weighted by Gasteiger charge is -2.25. The normalized spacial score (nSPS) is 21.9. The van der Waals surface area contributed by atoms with E-state index in [1.807, 2.05) is 6.92 Å². The van der Waals surface area contributed by atoms with Gasteiger partial charge in [0.25, 0.3) is 0 Å². The number of aromatic nitrogens is 4. The molecular formula is C22H28ClN5O6. The number of imidazole rings is 1. The number of hydrogen-bond donors (Lipinski definition) is 2. The second kappa shape index (κ2) is 11.5. The summed E-state index contributed by atoms with van der Waals surface area (Å²) in [5.74, 6) is 2.37. The number of unbranched alkanes of at least 4 members (excludes halogenated alkanes) is 2. The Morgan fingerprint density at radius 1 is 1.35 bits per heavy atom. The minimum Gasteiger partial charge on any atom is -0.434 e. The molecule has 0 saturated carbocycles. The fourth-order valence-corrected chi connectivity index (χ4v) is 3.70. The number of aliphatic hydroxyl groups is 1. The highest BCUT2D eigenvalue weighted by Crippen LogP contribution is 2.38. The van der Waals surface area contributed by atoms with Crippen LogP contribution in [0.3, 0.4) is 0 Å². The van der Waals surface area contributed by atoms with Crippen molar-refractivity contribution in [2.75, 3.05) is 18.5 Å². The Bertz CT molecular complexity index is 1070. The van der Waals surface area contributed by atoms with Gasteiger partial charge in [-0.3, -0.25) is 9.36 Å². The van der Waals surface area contributed by atoms with E-state index in [2.05, 4.69) is 33.1 Å². The summed E-state index contributed by atoms with van der Waals surface area (Å²) in [7, 11) is 0. The van der Waals surface area contributed by atoms with Gasteiger partial charge in [-0.25, -0.2) is 9.78 Å². The lowest BCUT2D eigenvalue weighted by molar-refractivity contribution is -0.116. The molecule has 1 aliphatic rings. The summed E-state index contributed by atoms with van der Waals surface area (Å²) in [4.78, 5) is 36.6. The highest BCUT2D eigenvalue weighted by Gasteiger charge is 2.49. The topological polar surface area (TPSA) is 138 Å².